The van der Waals surface area contributed by atoms with E-state index in [2.05, 4.69) is 115 Å². The van der Waals surface area contributed by atoms with Crippen molar-refractivity contribution in [3.8, 4) is 0 Å². The number of rotatable bonds is 7. The summed E-state index contributed by atoms with van der Waals surface area (Å²) in [7, 11) is 0. The van der Waals surface area contributed by atoms with Crippen LogP contribution in [-0.4, -0.2) is 0 Å². The Balaban J connectivity index is 1.24. The van der Waals surface area contributed by atoms with Gasteiger partial charge in [0.15, 0.2) is 0 Å². The van der Waals surface area contributed by atoms with Gasteiger partial charge in [-0.2, -0.15) is 0 Å². The lowest BCUT2D eigenvalue weighted by Crippen LogP contribution is -2.13. The zero-order valence-electron chi connectivity index (χ0n) is 23.2. The first-order chi connectivity index (χ1) is 19.7. The van der Waals surface area contributed by atoms with Crippen molar-refractivity contribution in [2.24, 2.45) is 17.4 Å². The van der Waals surface area contributed by atoms with Gasteiger partial charge in [0.2, 0.25) is 0 Å². The van der Waals surface area contributed by atoms with Gasteiger partial charge >= 0.3 is 0 Å². The molecule has 3 heteroatoms. The van der Waals surface area contributed by atoms with Crippen molar-refractivity contribution in [2.45, 2.75) is 51.0 Å². The van der Waals surface area contributed by atoms with Gasteiger partial charge < -0.3 is 16.8 Å². The van der Waals surface area contributed by atoms with Gasteiger partial charge in [-0.3, -0.25) is 0 Å². The molecule has 4 aliphatic carbocycles. The van der Waals surface area contributed by atoms with Crippen LogP contribution in [0.3, 0.4) is 0 Å². The van der Waals surface area contributed by atoms with E-state index in [1.165, 1.54) is 39.1 Å². The minimum absolute atomic E-state index is 0.350. The zero-order chi connectivity index (χ0) is 27.3. The SMILES string of the molecule is NCc1ccc(C2=C[C@@H](C3=C(Nc4cccc(C5C=C(C6=C(N)C=CCC6)C=CC5)c4)C=CCC3)CC=C2)cc1. The first-order valence-corrected chi connectivity index (χ1v) is 14.7. The average molecular weight is 526 g/mol. The summed E-state index contributed by atoms with van der Waals surface area (Å²) in [6, 6.07) is 17.6. The van der Waals surface area contributed by atoms with Crippen LogP contribution in [0.25, 0.3) is 5.57 Å². The minimum Gasteiger partial charge on any atom is -0.398 e. The standard InChI is InChI=1S/C37H39N3/c38-25-26-18-20-27(21-19-26)28-8-5-12-32(22-28)35-15-2-4-17-37(35)40-33-13-7-10-30(24-33)29-9-6-11-31(23-29)34-14-1-3-16-36(34)39/h3-8,10-11,13,16-24,29,32,40H,1-2,9,12,14-15,25,38-39H2/t29?,32-/m0/s1. The number of hydrogen-bond donors (Lipinski definition) is 3. The molecule has 40 heavy (non-hydrogen) atoms. The van der Waals surface area contributed by atoms with E-state index in [4.69, 9.17) is 11.5 Å². The largest absolute Gasteiger partial charge is 0.398 e. The van der Waals surface area contributed by atoms with E-state index in [0.717, 1.165) is 55.5 Å². The van der Waals surface area contributed by atoms with E-state index in [9.17, 15) is 0 Å². The normalized spacial score (nSPS) is 22.4. The molecular formula is C37H39N3. The van der Waals surface area contributed by atoms with E-state index < -0.39 is 0 Å². The number of benzene rings is 2. The highest BCUT2D eigenvalue weighted by molar-refractivity contribution is 5.76. The summed E-state index contributed by atoms with van der Waals surface area (Å²) in [6.45, 7) is 0.576. The molecule has 2 aromatic rings. The lowest BCUT2D eigenvalue weighted by molar-refractivity contribution is 0.704. The van der Waals surface area contributed by atoms with E-state index in [-0.39, 0.29) is 0 Å². The van der Waals surface area contributed by atoms with Crippen molar-refractivity contribution >= 4 is 11.3 Å². The second-order valence-corrected chi connectivity index (χ2v) is 11.1. The summed E-state index contributed by atoms with van der Waals surface area (Å²) in [5, 5.41) is 3.81. The van der Waals surface area contributed by atoms with Gasteiger partial charge in [-0.15, -0.1) is 0 Å². The molecule has 5 N–H and O–H groups in total. The summed E-state index contributed by atoms with van der Waals surface area (Å²) in [4.78, 5) is 0. The van der Waals surface area contributed by atoms with Crippen LogP contribution < -0.4 is 16.8 Å². The molecule has 6 rings (SSSR count). The van der Waals surface area contributed by atoms with Crippen LogP contribution in [0.1, 0.15) is 61.1 Å². The smallest absolute Gasteiger partial charge is 0.0387 e. The van der Waals surface area contributed by atoms with E-state index >= 15 is 0 Å². The Morgan fingerprint density at radius 3 is 2.33 bits per heavy atom. The molecule has 0 saturated heterocycles. The van der Waals surface area contributed by atoms with Crippen LogP contribution >= 0.6 is 0 Å². The molecule has 0 amide bonds. The Kier molecular flexibility index (Phi) is 7.83. The Morgan fingerprint density at radius 1 is 0.750 bits per heavy atom. The third kappa shape index (κ3) is 5.76. The van der Waals surface area contributed by atoms with Crippen LogP contribution in [0.2, 0.25) is 0 Å². The molecule has 2 aromatic carbocycles. The third-order valence-electron chi connectivity index (χ3n) is 8.47. The van der Waals surface area contributed by atoms with Gasteiger partial charge in [0, 0.05) is 35.5 Å². The predicted octanol–water partition coefficient (Wildman–Crippen LogP) is 8.35. The van der Waals surface area contributed by atoms with Gasteiger partial charge in [-0.1, -0.05) is 85.0 Å². The molecule has 0 saturated carbocycles. The molecule has 0 aromatic heterocycles. The first-order valence-electron chi connectivity index (χ1n) is 14.7. The maximum absolute atomic E-state index is 6.33. The fourth-order valence-electron chi connectivity index (χ4n) is 6.25. The van der Waals surface area contributed by atoms with Crippen molar-refractivity contribution in [1.29, 1.82) is 0 Å². The Bertz CT molecular complexity index is 1500. The fraction of sp³-hybridized carbons (Fsp3) is 0.243. The lowest BCUT2D eigenvalue weighted by Gasteiger charge is -2.26. The molecule has 0 fully saturated rings. The van der Waals surface area contributed by atoms with Crippen molar-refractivity contribution in [3.05, 3.63) is 154 Å². The molecule has 4 aliphatic rings. The molecule has 1 unspecified atom stereocenters. The van der Waals surface area contributed by atoms with E-state index in [0.29, 0.717) is 18.4 Å². The topological polar surface area (TPSA) is 64.1 Å². The van der Waals surface area contributed by atoms with E-state index in [1.807, 2.05) is 0 Å². The molecule has 0 radical (unpaired) electrons. The van der Waals surface area contributed by atoms with Crippen LogP contribution in [0.5, 0.6) is 0 Å². The fourth-order valence-corrected chi connectivity index (χ4v) is 6.25. The maximum Gasteiger partial charge on any atom is 0.0387 e. The summed E-state index contributed by atoms with van der Waals surface area (Å²) < 4.78 is 0. The number of hydrogen-bond acceptors (Lipinski definition) is 3. The summed E-state index contributed by atoms with van der Waals surface area (Å²) in [5.74, 6) is 0.741. The van der Waals surface area contributed by atoms with Crippen LogP contribution in [-0.2, 0) is 6.54 Å². The summed E-state index contributed by atoms with van der Waals surface area (Å²) in [5.41, 5.74) is 24.5. The molecule has 0 bridgehead atoms. The first kappa shape index (κ1) is 26.2. The maximum atomic E-state index is 6.33. The second kappa shape index (κ2) is 12.0. The Hall–Kier alpha value is -4.08. The van der Waals surface area contributed by atoms with Gasteiger partial charge in [0.1, 0.15) is 0 Å². The quantitative estimate of drug-likeness (QED) is 0.340. The van der Waals surface area contributed by atoms with Gasteiger partial charge in [-0.25, -0.2) is 0 Å². The monoisotopic (exact) mass is 525 g/mol. The van der Waals surface area contributed by atoms with Crippen molar-refractivity contribution in [3.63, 3.8) is 0 Å². The van der Waals surface area contributed by atoms with Crippen molar-refractivity contribution < 1.29 is 0 Å². The number of anilines is 1. The number of nitrogens with one attached hydrogen (secondary N) is 1. The lowest BCUT2D eigenvalue weighted by atomic mass is 9.82. The van der Waals surface area contributed by atoms with Crippen LogP contribution in [0, 0.1) is 5.92 Å². The van der Waals surface area contributed by atoms with Gasteiger partial charge in [0.05, 0.1) is 0 Å². The molecule has 2 atom stereocenters. The summed E-state index contributed by atoms with van der Waals surface area (Å²) >= 11 is 0. The van der Waals surface area contributed by atoms with Crippen LogP contribution in [0.15, 0.2) is 137 Å². The Morgan fingerprint density at radius 2 is 1.50 bits per heavy atom. The molecule has 0 aliphatic heterocycles. The zero-order valence-corrected chi connectivity index (χ0v) is 23.2. The highest BCUT2D eigenvalue weighted by atomic mass is 14.9. The van der Waals surface area contributed by atoms with Gasteiger partial charge in [-0.05, 0) is 102 Å². The number of allylic oxidation sites excluding steroid dienone is 14. The van der Waals surface area contributed by atoms with E-state index in [1.54, 1.807) is 0 Å². The molecule has 0 heterocycles. The highest BCUT2D eigenvalue weighted by Gasteiger charge is 2.21. The number of nitrogens with two attached hydrogens (primary N) is 2. The average Bonchev–Trinajstić information content (AvgIpc) is 3.02. The Labute approximate surface area is 238 Å². The molecule has 0 spiro atoms. The molecule has 3 nitrogen and oxygen atoms in total. The van der Waals surface area contributed by atoms with Gasteiger partial charge in [0.25, 0.3) is 0 Å². The third-order valence-corrected chi connectivity index (χ3v) is 8.47. The predicted molar refractivity (Wildman–Crippen MR) is 169 cm³/mol. The van der Waals surface area contributed by atoms with Crippen molar-refractivity contribution in [2.75, 3.05) is 5.32 Å². The second-order valence-electron chi connectivity index (χ2n) is 11.1. The molecule has 202 valence electrons. The highest BCUT2D eigenvalue weighted by Crippen LogP contribution is 2.37. The minimum atomic E-state index is 0.350. The van der Waals surface area contributed by atoms with Crippen LogP contribution in [0.4, 0.5) is 5.69 Å². The van der Waals surface area contributed by atoms with Crippen molar-refractivity contribution in [1.82, 2.24) is 0 Å². The molecular weight excluding hydrogens is 486 g/mol. The summed E-state index contributed by atoms with van der Waals surface area (Å²) in [6.07, 6.45) is 29.1.